The van der Waals surface area contributed by atoms with E-state index in [-0.39, 0.29) is 23.6 Å². The summed E-state index contributed by atoms with van der Waals surface area (Å²) in [6.07, 6.45) is 8.49. The van der Waals surface area contributed by atoms with Crippen molar-refractivity contribution in [2.24, 2.45) is 23.7 Å². The number of fused-ring (bicyclic) bond motifs is 6. The average molecular weight is 1020 g/mol. The van der Waals surface area contributed by atoms with Gasteiger partial charge in [0.2, 0.25) is 17.8 Å². The molecule has 0 radical (unpaired) electrons. The number of hydrogen-bond acceptors (Lipinski definition) is 13. The van der Waals surface area contributed by atoms with Crippen LogP contribution in [0.5, 0.6) is 5.88 Å². The molecule has 0 amide bonds. The van der Waals surface area contributed by atoms with Gasteiger partial charge in [0.15, 0.2) is 22.6 Å². The Hall–Kier alpha value is -6.25. The summed E-state index contributed by atoms with van der Waals surface area (Å²) >= 11 is 6.05. The maximum atomic E-state index is 14.7. The molecular formula is C50H55ClF6N14O. The minimum Gasteiger partial charge on any atom is -0.480 e. The molecule has 4 aromatic heterocycles. The first-order chi connectivity index (χ1) is 34.9. The van der Waals surface area contributed by atoms with E-state index >= 15 is 0 Å². The molecule has 6 aromatic rings. The fraction of sp³-hybridized carbons (Fsp3) is 0.520. The maximum Gasteiger partial charge on any atom is 0.416 e. The number of halogens is 7. The van der Waals surface area contributed by atoms with Crippen LogP contribution in [0.3, 0.4) is 0 Å². The quantitative estimate of drug-likeness (QED) is 0.105. The van der Waals surface area contributed by atoms with Gasteiger partial charge >= 0.3 is 6.18 Å². The van der Waals surface area contributed by atoms with Crippen LogP contribution in [0.1, 0.15) is 104 Å². The Morgan fingerprint density at radius 2 is 1.19 bits per heavy atom. The second-order valence-corrected chi connectivity index (χ2v) is 20.4. The first kappa shape index (κ1) is 48.0. The molecule has 2 aliphatic carbocycles. The predicted molar refractivity (Wildman–Crippen MR) is 256 cm³/mol. The van der Waals surface area contributed by atoms with E-state index < -0.39 is 35.1 Å². The molecule has 2 unspecified atom stereocenters. The highest BCUT2D eigenvalue weighted by Crippen LogP contribution is 2.43. The Bertz CT molecular complexity index is 2870. The van der Waals surface area contributed by atoms with E-state index in [9.17, 15) is 26.3 Å². The van der Waals surface area contributed by atoms with Crippen molar-refractivity contribution in [3.63, 3.8) is 0 Å². The van der Waals surface area contributed by atoms with Crippen LogP contribution in [0.15, 0.2) is 60.9 Å². The van der Waals surface area contributed by atoms with Crippen molar-refractivity contribution in [2.75, 3.05) is 53.7 Å². The molecule has 2 saturated carbocycles. The molecule has 6 aliphatic rings. The lowest BCUT2D eigenvalue weighted by Gasteiger charge is -2.39. The Balaban J connectivity index is 0.000000156. The number of benzene rings is 2. The number of hydrogen-bond donors (Lipinski definition) is 2. The van der Waals surface area contributed by atoms with Crippen LogP contribution < -0.4 is 25.2 Å². The molecule has 2 saturated heterocycles. The minimum atomic E-state index is -4.37. The molecule has 2 N–H and O–H groups in total. The van der Waals surface area contributed by atoms with Gasteiger partial charge in [-0.05, 0) is 92.7 Å². The van der Waals surface area contributed by atoms with Crippen LogP contribution in [-0.2, 0) is 19.3 Å². The third kappa shape index (κ3) is 9.71. The van der Waals surface area contributed by atoms with E-state index in [1.54, 1.807) is 30.3 Å². The zero-order valence-corrected chi connectivity index (χ0v) is 40.4. The Kier molecular flexibility index (Phi) is 13.3. The van der Waals surface area contributed by atoms with Gasteiger partial charge in [0, 0.05) is 80.9 Å². The van der Waals surface area contributed by atoms with Crippen LogP contribution in [0.2, 0.25) is 5.15 Å². The lowest BCUT2D eigenvalue weighted by molar-refractivity contribution is -0.137. The summed E-state index contributed by atoms with van der Waals surface area (Å²) in [5, 5.41) is 32.9. The number of nitrogens with one attached hydrogen (secondary N) is 2. The molecule has 380 valence electrons. The SMILES string of the molecule is COc1cc(N2C[C@H]3CC[C@@H](C2)C3Nc2nc3n(n2)CCCC[C@@H]3c2ccc(F)c(F)c2F)cnn1.FC(F)(F)c1cccc([C@H]2CCCCn3nc(NC4[C@@H]5CC[C@H]4CN(c4cnnc(Cl)c4)C5)nc32)c1. The van der Waals surface area contributed by atoms with Crippen molar-refractivity contribution in [2.45, 2.75) is 107 Å². The molecule has 8 heterocycles. The molecular weight excluding hydrogens is 962 g/mol. The van der Waals surface area contributed by atoms with Crippen molar-refractivity contribution in [3.05, 3.63) is 112 Å². The highest BCUT2D eigenvalue weighted by Gasteiger charge is 2.45. The summed E-state index contributed by atoms with van der Waals surface area (Å²) < 4.78 is 91.2. The number of aromatic nitrogens is 10. The summed E-state index contributed by atoms with van der Waals surface area (Å²) in [5.74, 6) is 0.163. The molecule has 72 heavy (non-hydrogen) atoms. The van der Waals surface area contributed by atoms with E-state index in [1.807, 2.05) is 16.8 Å². The van der Waals surface area contributed by atoms with Gasteiger partial charge < -0.3 is 25.2 Å². The van der Waals surface area contributed by atoms with E-state index in [0.29, 0.717) is 71.0 Å². The Morgan fingerprint density at radius 3 is 1.76 bits per heavy atom. The minimum absolute atomic E-state index is 0.130. The average Bonchev–Trinajstić information content (AvgIpc) is 3.99. The Morgan fingerprint density at radius 1 is 0.639 bits per heavy atom. The lowest BCUT2D eigenvalue weighted by atomic mass is 9.92. The topological polar surface area (TPSA) is 153 Å². The van der Waals surface area contributed by atoms with Crippen LogP contribution in [0.4, 0.5) is 49.6 Å². The van der Waals surface area contributed by atoms with E-state index in [0.717, 1.165) is 120 Å². The number of aryl methyl sites for hydroxylation is 2. The van der Waals surface area contributed by atoms with Crippen LogP contribution >= 0.6 is 11.6 Å². The largest absolute Gasteiger partial charge is 0.480 e. The van der Waals surface area contributed by atoms with Crippen molar-refractivity contribution >= 4 is 34.9 Å². The highest BCUT2D eigenvalue weighted by atomic mass is 35.5. The predicted octanol–water partition coefficient (Wildman–Crippen LogP) is 9.52. The molecule has 4 bridgehead atoms. The van der Waals surface area contributed by atoms with Crippen molar-refractivity contribution in [3.8, 4) is 5.88 Å². The van der Waals surface area contributed by atoms with Gasteiger partial charge in [-0.15, -0.1) is 20.4 Å². The van der Waals surface area contributed by atoms with Gasteiger partial charge in [-0.3, -0.25) is 0 Å². The molecule has 12 rings (SSSR count). The second kappa shape index (κ2) is 20.0. The normalized spacial score (nSPS) is 25.7. The summed E-state index contributed by atoms with van der Waals surface area (Å²) in [7, 11) is 1.58. The van der Waals surface area contributed by atoms with Crippen LogP contribution in [-0.4, -0.2) is 95.3 Å². The van der Waals surface area contributed by atoms with E-state index in [4.69, 9.17) is 36.5 Å². The van der Waals surface area contributed by atoms with E-state index in [2.05, 4.69) is 40.8 Å². The molecule has 4 aliphatic heterocycles. The first-order valence-corrected chi connectivity index (χ1v) is 25.3. The third-order valence-corrected chi connectivity index (χ3v) is 15.9. The summed E-state index contributed by atoms with van der Waals surface area (Å²) in [6, 6.07) is 12.2. The number of anilines is 4. The monoisotopic (exact) mass is 1020 g/mol. The molecule has 22 heteroatoms. The fourth-order valence-electron chi connectivity index (χ4n) is 12.3. The molecule has 8 atom stereocenters. The first-order valence-electron chi connectivity index (χ1n) is 24.9. The number of alkyl halides is 3. The standard InChI is InChI=1S/C25H27ClF3N7.C25H28F3N7O/c26-21-11-19(12-30-33-21)35-13-16-7-8-17(14-35)22(16)31-24-32-23-20(6-1-2-9-36(23)34-24)15-4-3-5-18(10-15)25(27,28)29;1-36-20-10-16(11-29-32-20)34-12-14-5-6-15(13-34)23(14)30-25-31-24-18(4-2-3-9-35(24)33-25)17-7-8-19(26)22(28)21(17)27/h3-5,10-12,16-17,20,22H,1-2,6-9,13-14H2,(H,31,34);7-8,10-11,14-15,18,23H,2-6,9,12-13H2,1H3,(H,30,33)/t16-,17+,20-,22?;14-,15+,18-,23?/m11/s1. The van der Waals surface area contributed by atoms with Crippen LogP contribution in [0, 0.1) is 41.1 Å². The smallest absolute Gasteiger partial charge is 0.416 e. The number of ether oxygens (including phenoxy) is 1. The molecule has 4 fully saturated rings. The molecule has 0 spiro atoms. The van der Waals surface area contributed by atoms with Crippen LogP contribution in [0.25, 0.3) is 0 Å². The van der Waals surface area contributed by atoms with Gasteiger partial charge in [0.1, 0.15) is 11.6 Å². The highest BCUT2D eigenvalue weighted by molar-refractivity contribution is 6.29. The number of nitrogens with zero attached hydrogens (tertiary/aromatic N) is 12. The Labute approximate surface area is 417 Å². The summed E-state index contributed by atoms with van der Waals surface area (Å²) in [5.41, 5.74) is 2.14. The van der Waals surface area contributed by atoms with Gasteiger partial charge in [-0.2, -0.15) is 33.3 Å². The van der Waals surface area contributed by atoms with Crippen molar-refractivity contribution in [1.82, 2.24) is 49.9 Å². The number of rotatable bonds is 9. The number of piperidine rings is 2. The fourth-order valence-corrected chi connectivity index (χ4v) is 12.4. The van der Waals surface area contributed by atoms with Gasteiger partial charge in [0.05, 0.1) is 36.4 Å². The zero-order valence-electron chi connectivity index (χ0n) is 39.6. The zero-order chi connectivity index (χ0) is 49.7. The van der Waals surface area contributed by atoms with Gasteiger partial charge in [-0.25, -0.2) is 22.5 Å². The van der Waals surface area contributed by atoms with Gasteiger partial charge in [-0.1, -0.05) is 48.7 Å². The van der Waals surface area contributed by atoms with E-state index in [1.165, 1.54) is 18.2 Å². The molecule has 2 aromatic carbocycles. The summed E-state index contributed by atoms with van der Waals surface area (Å²) in [4.78, 5) is 14.3. The van der Waals surface area contributed by atoms with Crippen molar-refractivity contribution in [1.29, 1.82) is 0 Å². The lowest BCUT2D eigenvalue weighted by Crippen LogP contribution is -2.48. The van der Waals surface area contributed by atoms with Gasteiger partial charge in [0.25, 0.3) is 0 Å². The molecule has 15 nitrogen and oxygen atoms in total. The number of methoxy groups -OCH3 is 1. The second-order valence-electron chi connectivity index (χ2n) is 20.1. The van der Waals surface area contributed by atoms with Crippen molar-refractivity contribution < 1.29 is 31.1 Å². The third-order valence-electron chi connectivity index (χ3n) is 15.7. The summed E-state index contributed by atoms with van der Waals surface area (Å²) in [6.45, 7) is 4.90. The maximum absolute atomic E-state index is 14.7.